The summed E-state index contributed by atoms with van der Waals surface area (Å²) in [4.78, 5) is 26.3. The fraction of sp³-hybridized carbons (Fsp3) is 0.300. The van der Waals surface area contributed by atoms with Gasteiger partial charge >= 0.3 is 5.97 Å². The van der Waals surface area contributed by atoms with Crippen LogP contribution < -0.4 is 9.64 Å². The highest BCUT2D eigenvalue weighted by Gasteiger charge is 2.36. The molecular weight excluding hydrogens is 467 g/mol. The molecule has 0 bridgehead atoms. The predicted molar refractivity (Wildman–Crippen MR) is 116 cm³/mol. The third-order valence-electron chi connectivity index (χ3n) is 4.71. The van der Waals surface area contributed by atoms with Crippen molar-refractivity contribution in [3.05, 3.63) is 52.5 Å². The Morgan fingerprint density at radius 2 is 1.94 bits per heavy atom. The molecule has 0 spiro atoms. The number of likely N-dealkylation sites (N-methyl/N-ethyl adjacent to an activating group) is 1. The van der Waals surface area contributed by atoms with Crippen molar-refractivity contribution in [3.63, 3.8) is 0 Å². The molecule has 1 amide bonds. The minimum Gasteiger partial charge on any atom is -0.475 e. The second kappa shape index (κ2) is 9.44. The largest absolute Gasteiger partial charge is 0.475 e. The van der Waals surface area contributed by atoms with Gasteiger partial charge in [0.1, 0.15) is 10.6 Å². The summed E-state index contributed by atoms with van der Waals surface area (Å²) in [5.74, 6) is -0.854. The number of methoxy groups -OCH3 is 1. The number of para-hydroxylation sites is 2. The number of nitrogens with zero attached hydrogens (tertiary/aromatic N) is 2. The lowest BCUT2D eigenvalue weighted by molar-refractivity contribution is -0.148. The maximum absolute atomic E-state index is 13.2. The van der Waals surface area contributed by atoms with Crippen molar-refractivity contribution >= 4 is 50.8 Å². The summed E-state index contributed by atoms with van der Waals surface area (Å²) in [5, 5.41) is 0.200. The molecule has 0 saturated heterocycles. The zero-order valence-electron chi connectivity index (χ0n) is 16.7. The van der Waals surface area contributed by atoms with E-state index < -0.39 is 34.5 Å². The van der Waals surface area contributed by atoms with E-state index in [9.17, 15) is 18.0 Å². The second-order valence-electron chi connectivity index (χ2n) is 6.61. The van der Waals surface area contributed by atoms with Gasteiger partial charge in [0.2, 0.25) is 22.0 Å². The number of amides is 1. The molecule has 0 aliphatic carbocycles. The molecule has 2 aromatic rings. The van der Waals surface area contributed by atoms with E-state index in [2.05, 4.69) is 0 Å². The van der Waals surface area contributed by atoms with Gasteiger partial charge in [0, 0.05) is 11.6 Å². The van der Waals surface area contributed by atoms with Crippen LogP contribution in [0.5, 0.6) is 5.75 Å². The number of sulfonamides is 1. The first-order valence-corrected chi connectivity index (χ1v) is 11.5. The molecule has 1 unspecified atom stereocenters. The summed E-state index contributed by atoms with van der Waals surface area (Å²) in [7, 11) is -2.88. The number of carbonyl (C=O) groups is 2. The van der Waals surface area contributed by atoms with Gasteiger partial charge in [-0.3, -0.25) is 4.79 Å². The number of anilines is 1. The van der Waals surface area contributed by atoms with Gasteiger partial charge in [-0.05, 0) is 30.3 Å². The molecule has 1 atom stereocenters. The number of hydrogen-bond donors (Lipinski definition) is 0. The summed E-state index contributed by atoms with van der Waals surface area (Å²) in [6.07, 6.45) is -1.03. The third kappa shape index (κ3) is 4.79. The first-order valence-electron chi connectivity index (χ1n) is 9.28. The Labute approximate surface area is 190 Å². The van der Waals surface area contributed by atoms with Crippen LogP contribution in [-0.4, -0.2) is 57.4 Å². The van der Waals surface area contributed by atoms with Crippen molar-refractivity contribution in [1.29, 1.82) is 0 Å². The summed E-state index contributed by atoms with van der Waals surface area (Å²) in [6.45, 7) is 1.04. The van der Waals surface area contributed by atoms with Crippen molar-refractivity contribution in [2.75, 3.05) is 31.6 Å². The SMILES string of the molecule is CCN(CC(=O)N1CC(C(=O)OC)Oc2ccccc21)S(=O)(=O)c1cc(Cl)ccc1Cl. The highest BCUT2D eigenvalue weighted by atomic mass is 35.5. The van der Waals surface area contributed by atoms with E-state index >= 15 is 0 Å². The first kappa shape index (κ1) is 23.3. The van der Waals surface area contributed by atoms with E-state index in [1.165, 1.54) is 30.2 Å². The summed E-state index contributed by atoms with van der Waals surface area (Å²) in [6, 6.07) is 10.8. The first-order chi connectivity index (χ1) is 14.7. The van der Waals surface area contributed by atoms with Gasteiger partial charge in [0.05, 0.1) is 30.9 Å². The summed E-state index contributed by atoms with van der Waals surface area (Å²) in [5.41, 5.74) is 0.432. The van der Waals surface area contributed by atoms with Crippen LogP contribution >= 0.6 is 23.2 Å². The lowest BCUT2D eigenvalue weighted by Crippen LogP contribution is -2.50. The Hall–Kier alpha value is -2.33. The number of esters is 1. The van der Waals surface area contributed by atoms with Crippen LogP contribution in [-0.2, 0) is 24.3 Å². The van der Waals surface area contributed by atoms with Crippen LogP contribution in [0.15, 0.2) is 47.4 Å². The number of benzene rings is 2. The Morgan fingerprint density at radius 1 is 1.23 bits per heavy atom. The highest BCUT2D eigenvalue weighted by molar-refractivity contribution is 7.89. The number of fused-ring (bicyclic) bond motifs is 1. The van der Waals surface area contributed by atoms with Crippen molar-refractivity contribution in [1.82, 2.24) is 4.31 Å². The van der Waals surface area contributed by atoms with Gasteiger partial charge in [0.25, 0.3) is 0 Å². The monoisotopic (exact) mass is 486 g/mol. The predicted octanol–water partition coefficient (Wildman–Crippen LogP) is 2.97. The maximum Gasteiger partial charge on any atom is 0.348 e. The molecule has 3 rings (SSSR count). The Kier molecular flexibility index (Phi) is 7.10. The molecule has 0 N–H and O–H groups in total. The molecule has 0 saturated carbocycles. The van der Waals surface area contributed by atoms with E-state index in [0.717, 1.165) is 4.31 Å². The summed E-state index contributed by atoms with van der Waals surface area (Å²) < 4.78 is 37.6. The van der Waals surface area contributed by atoms with Crippen LogP contribution in [0.3, 0.4) is 0 Å². The van der Waals surface area contributed by atoms with Crippen LogP contribution in [0.2, 0.25) is 10.0 Å². The highest BCUT2D eigenvalue weighted by Crippen LogP contribution is 2.34. The molecule has 166 valence electrons. The number of ether oxygens (including phenoxy) is 2. The molecule has 1 aliphatic heterocycles. The molecular formula is C20H20Cl2N2O6S. The molecule has 0 fully saturated rings. The van der Waals surface area contributed by atoms with Gasteiger partial charge in [0.15, 0.2) is 0 Å². The molecule has 31 heavy (non-hydrogen) atoms. The van der Waals surface area contributed by atoms with Gasteiger partial charge < -0.3 is 14.4 Å². The van der Waals surface area contributed by atoms with Gasteiger partial charge in [-0.25, -0.2) is 13.2 Å². The van der Waals surface area contributed by atoms with Crippen LogP contribution in [0, 0.1) is 0 Å². The molecule has 1 heterocycles. The second-order valence-corrected chi connectivity index (χ2v) is 9.36. The van der Waals surface area contributed by atoms with Crippen molar-refractivity contribution in [2.24, 2.45) is 0 Å². The standard InChI is InChI=1S/C20H20Cl2N2O6S/c1-3-23(31(27,28)18-10-13(21)8-9-14(18)22)12-19(25)24-11-17(20(26)29-2)30-16-7-5-4-6-15(16)24/h4-10,17H,3,11-12H2,1-2H3. The molecule has 0 radical (unpaired) electrons. The molecule has 1 aliphatic rings. The maximum atomic E-state index is 13.2. The Bertz CT molecular complexity index is 1110. The minimum atomic E-state index is -4.10. The molecule has 2 aromatic carbocycles. The van der Waals surface area contributed by atoms with Crippen molar-refractivity contribution < 1.29 is 27.5 Å². The average Bonchev–Trinajstić information content (AvgIpc) is 2.77. The number of carbonyl (C=O) groups excluding carboxylic acids is 2. The van der Waals surface area contributed by atoms with Crippen LogP contribution in [0.25, 0.3) is 0 Å². The number of rotatable bonds is 6. The van der Waals surface area contributed by atoms with Gasteiger partial charge in [-0.1, -0.05) is 42.3 Å². The third-order valence-corrected chi connectivity index (χ3v) is 7.35. The van der Waals surface area contributed by atoms with Gasteiger partial charge in [-0.2, -0.15) is 4.31 Å². The van der Waals surface area contributed by atoms with Crippen molar-refractivity contribution in [2.45, 2.75) is 17.9 Å². The quantitative estimate of drug-likeness (QED) is 0.582. The number of halogens is 2. The number of hydrogen-bond acceptors (Lipinski definition) is 6. The molecule has 0 aromatic heterocycles. The van der Waals surface area contributed by atoms with Gasteiger partial charge in [-0.15, -0.1) is 0 Å². The van der Waals surface area contributed by atoms with Crippen molar-refractivity contribution in [3.8, 4) is 5.75 Å². The van der Waals surface area contributed by atoms with E-state index in [4.69, 9.17) is 32.7 Å². The summed E-state index contributed by atoms with van der Waals surface area (Å²) >= 11 is 12.0. The molecule has 11 heteroatoms. The lowest BCUT2D eigenvalue weighted by atomic mass is 10.2. The van der Waals surface area contributed by atoms with E-state index in [1.54, 1.807) is 31.2 Å². The normalized spacial score (nSPS) is 15.9. The van der Waals surface area contributed by atoms with E-state index in [0.29, 0.717) is 11.4 Å². The Morgan fingerprint density at radius 3 is 2.61 bits per heavy atom. The zero-order chi connectivity index (χ0) is 22.8. The zero-order valence-corrected chi connectivity index (χ0v) is 19.1. The Balaban J connectivity index is 1.91. The minimum absolute atomic E-state index is 0.00206. The fourth-order valence-corrected chi connectivity index (χ4v) is 5.28. The van der Waals surface area contributed by atoms with Crippen LogP contribution in [0.4, 0.5) is 5.69 Å². The van der Waals surface area contributed by atoms with E-state index in [1.807, 2.05) is 0 Å². The molecule has 8 nitrogen and oxygen atoms in total. The average molecular weight is 487 g/mol. The topological polar surface area (TPSA) is 93.2 Å². The van der Waals surface area contributed by atoms with Crippen LogP contribution in [0.1, 0.15) is 6.92 Å². The van der Waals surface area contributed by atoms with E-state index in [-0.39, 0.29) is 28.0 Å². The lowest BCUT2D eigenvalue weighted by Gasteiger charge is -2.34. The smallest absolute Gasteiger partial charge is 0.348 e. The fourth-order valence-electron chi connectivity index (χ4n) is 3.14.